The number of hydrogen-bond acceptors (Lipinski definition) is 6. The molecule has 10 heteroatoms. The summed E-state index contributed by atoms with van der Waals surface area (Å²) >= 11 is 0. The Morgan fingerprint density at radius 1 is 1.06 bits per heavy atom. The first-order valence-electron chi connectivity index (χ1n) is 11.1. The van der Waals surface area contributed by atoms with Crippen molar-refractivity contribution in [3.05, 3.63) is 65.5 Å². The zero-order valence-corrected chi connectivity index (χ0v) is 18.2. The van der Waals surface area contributed by atoms with Gasteiger partial charge in [0.15, 0.2) is 0 Å². The van der Waals surface area contributed by atoms with Gasteiger partial charge in [-0.1, -0.05) is 48.5 Å². The van der Waals surface area contributed by atoms with Crippen molar-refractivity contribution < 1.29 is 24.2 Å². The van der Waals surface area contributed by atoms with Crippen molar-refractivity contribution in [3.63, 3.8) is 0 Å². The number of carboxylic acids is 1. The Balaban J connectivity index is 1.19. The topological polar surface area (TPSA) is 146 Å². The zero-order chi connectivity index (χ0) is 23.7. The van der Waals surface area contributed by atoms with Gasteiger partial charge >= 0.3 is 12.1 Å². The van der Waals surface area contributed by atoms with Crippen LogP contribution in [-0.2, 0) is 9.53 Å². The summed E-state index contributed by atoms with van der Waals surface area (Å²) in [6.45, 7) is 0.135. The number of carbonyl (C=O) groups excluding carboxylic acids is 2. The molecule has 1 atom stereocenters. The molecule has 4 N–H and O–H groups in total. The van der Waals surface area contributed by atoms with Crippen LogP contribution in [0.1, 0.15) is 46.9 Å². The van der Waals surface area contributed by atoms with E-state index in [0.29, 0.717) is 0 Å². The minimum absolute atomic E-state index is 0.0831. The van der Waals surface area contributed by atoms with Gasteiger partial charge in [-0.3, -0.25) is 20.0 Å². The summed E-state index contributed by atoms with van der Waals surface area (Å²) in [6.07, 6.45) is 0.858. The lowest BCUT2D eigenvalue weighted by Crippen LogP contribution is -2.38. The average molecular weight is 461 g/mol. The van der Waals surface area contributed by atoms with E-state index >= 15 is 0 Å². The first-order valence-corrected chi connectivity index (χ1v) is 11.1. The van der Waals surface area contributed by atoms with Gasteiger partial charge in [-0.2, -0.15) is 4.98 Å². The Morgan fingerprint density at radius 2 is 1.71 bits per heavy atom. The van der Waals surface area contributed by atoms with Gasteiger partial charge in [0.1, 0.15) is 6.61 Å². The maximum Gasteiger partial charge on any atom is 0.414 e. The van der Waals surface area contributed by atoms with E-state index < -0.39 is 24.0 Å². The van der Waals surface area contributed by atoms with Crippen molar-refractivity contribution in [3.8, 4) is 11.1 Å². The third-order valence-electron chi connectivity index (χ3n) is 6.16. The van der Waals surface area contributed by atoms with Gasteiger partial charge < -0.3 is 15.2 Å². The van der Waals surface area contributed by atoms with Crippen molar-refractivity contribution in [2.45, 2.75) is 31.2 Å². The number of ether oxygens (including phenoxy) is 1. The first kappa shape index (κ1) is 21.6. The number of amides is 2. The standard InChI is InChI=1S/C24H23N5O5/c30-20(31)11-19(13-9-10-13)25-22(32)21-26-23(29-28-21)27-24(33)34-12-18-16-7-3-1-5-14(16)15-6-2-4-8-17(15)18/h1-8,13,18-19H,9-12H2,(H,25,32)(H,30,31)(H2,26,27,28,29,33). The molecule has 0 spiro atoms. The monoisotopic (exact) mass is 461 g/mol. The van der Waals surface area contributed by atoms with Crippen molar-refractivity contribution in [2.24, 2.45) is 5.92 Å². The number of aromatic amines is 1. The molecular formula is C24H23N5O5. The largest absolute Gasteiger partial charge is 0.481 e. The van der Waals surface area contributed by atoms with Crippen LogP contribution in [0.5, 0.6) is 0 Å². The van der Waals surface area contributed by atoms with E-state index in [0.717, 1.165) is 35.1 Å². The van der Waals surface area contributed by atoms with Crippen LogP contribution < -0.4 is 10.6 Å². The second-order valence-electron chi connectivity index (χ2n) is 8.47. The predicted octanol–water partition coefficient (Wildman–Crippen LogP) is 3.15. The Bertz CT molecular complexity index is 1210. The highest BCUT2D eigenvalue weighted by molar-refractivity contribution is 5.92. The molecule has 1 unspecified atom stereocenters. The Kier molecular flexibility index (Phi) is 5.70. The highest BCUT2D eigenvalue weighted by atomic mass is 16.5. The molecule has 10 nitrogen and oxygen atoms in total. The second kappa shape index (κ2) is 8.97. The number of nitrogens with one attached hydrogen (secondary N) is 3. The number of aliphatic carboxylic acids is 1. The van der Waals surface area contributed by atoms with E-state index in [4.69, 9.17) is 9.84 Å². The smallest absolute Gasteiger partial charge is 0.414 e. The molecule has 2 aromatic carbocycles. The minimum atomic E-state index is -0.979. The van der Waals surface area contributed by atoms with Gasteiger partial charge in [-0.05, 0) is 41.0 Å². The quantitative estimate of drug-likeness (QED) is 0.403. The molecular weight excluding hydrogens is 438 g/mol. The molecule has 34 heavy (non-hydrogen) atoms. The number of carbonyl (C=O) groups is 3. The van der Waals surface area contributed by atoms with E-state index in [-0.39, 0.29) is 36.6 Å². The maximum absolute atomic E-state index is 12.4. The molecule has 2 aliphatic carbocycles. The predicted molar refractivity (Wildman–Crippen MR) is 121 cm³/mol. The number of rotatable bonds is 8. The molecule has 0 aliphatic heterocycles. The highest BCUT2D eigenvalue weighted by Gasteiger charge is 2.34. The molecule has 2 aliphatic rings. The maximum atomic E-state index is 12.4. The summed E-state index contributed by atoms with van der Waals surface area (Å²) in [5.74, 6) is -1.71. The van der Waals surface area contributed by atoms with Crippen molar-refractivity contribution in [1.29, 1.82) is 0 Å². The highest BCUT2D eigenvalue weighted by Crippen LogP contribution is 2.44. The summed E-state index contributed by atoms with van der Waals surface area (Å²) in [7, 11) is 0. The number of benzene rings is 2. The Hall–Kier alpha value is -4.21. The van der Waals surface area contributed by atoms with Crippen molar-refractivity contribution in [1.82, 2.24) is 20.5 Å². The molecule has 1 saturated carbocycles. The third kappa shape index (κ3) is 4.47. The second-order valence-corrected chi connectivity index (χ2v) is 8.47. The summed E-state index contributed by atoms with van der Waals surface area (Å²) in [5.41, 5.74) is 4.45. The van der Waals surface area contributed by atoms with Crippen molar-refractivity contribution >= 4 is 23.9 Å². The molecule has 0 radical (unpaired) electrons. The Morgan fingerprint density at radius 3 is 2.32 bits per heavy atom. The van der Waals surface area contributed by atoms with E-state index in [9.17, 15) is 14.4 Å². The molecule has 3 aromatic rings. The fraction of sp³-hybridized carbons (Fsp3) is 0.292. The molecule has 1 heterocycles. The number of H-pyrrole nitrogens is 1. The van der Waals surface area contributed by atoms with E-state index in [2.05, 4.69) is 37.9 Å². The number of fused-ring (bicyclic) bond motifs is 3. The zero-order valence-electron chi connectivity index (χ0n) is 18.2. The number of hydrogen-bond donors (Lipinski definition) is 4. The molecule has 1 fully saturated rings. The van der Waals surface area contributed by atoms with Crippen LogP contribution in [0.4, 0.5) is 10.7 Å². The number of aromatic nitrogens is 3. The lowest BCUT2D eigenvalue weighted by molar-refractivity contribution is -0.137. The lowest BCUT2D eigenvalue weighted by Gasteiger charge is -2.14. The number of anilines is 1. The molecule has 0 bridgehead atoms. The first-order chi connectivity index (χ1) is 16.5. The fourth-order valence-electron chi connectivity index (χ4n) is 4.40. The summed E-state index contributed by atoms with van der Waals surface area (Å²) in [6, 6.07) is 15.6. The summed E-state index contributed by atoms with van der Waals surface area (Å²) in [4.78, 5) is 39.8. The summed E-state index contributed by atoms with van der Waals surface area (Å²) < 4.78 is 5.45. The van der Waals surface area contributed by atoms with Gasteiger partial charge in [-0.25, -0.2) is 4.79 Å². The third-order valence-corrected chi connectivity index (χ3v) is 6.16. The van der Waals surface area contributed by atoms with Crippen molar-refractivity contribution in [2.75, 3.05) is 11.9 Å². The molecule has 1 aromatic heterocycles. The fourth-order valence-corrected chi connectivity index (χ4v) is 4.40. The van der Waals surface area contributed by atoms with Crippen LogP contribution in [0.3, 0.4) is 0 Å². The molecule has 174 valence electrons. The van der Waals surface area contributed by atoms with Crippen LogP contribution in [0, 0.1) is 5.92 Å². The minimum Gasteiger partial charge on any atom is -0.481 e. The van der Waals surface area contributed by atoms with E-state index in [1.807, 2.05) is 36.4 Å². The van der Waals surface area contributed by atoms with E-state index in [1.54, 1.807) is 0 Å². The lowest BCUT2D eigenvalue weighted by atomic mass is 9.98. The van der Waals surface area contributed by atoms with Gasteiger partial charge in [0.25, 0.3) is 11.9 Å². The number of nitrogens with zero attached hydrogens (tertiary/aromatic N) is 2. The van der Waals surface area contributed by atoms with Gasteiger partial charge in [0.2, 0.25) is 5.82 Å². The normalized spacial score (nSPS) is 15.2. The number of carboxylic acid groups (broad SMARTS) is 1. The Labute approximate surface area is 194 Å². The molecule has 5 rings (SSSR count). The molecule has 2 amide bonds. The summed E-state index contributed by atoms with van der Waals surface area (Å²) in [5, 5.41) is 20.4. The van der Waals surface area contributed by atoms with Crippen LogP contribution in [-0.4, -0.2) is 50.9 Å². The van der Waals surface area contributed by atoms with Crippen LogP contribution in [0.25, 0.3) is 11.1 Å². The molecule has 0 saturated heterocycles. The van der Waals surface area contributed by atoms with Crippen LogP contribution in [0.15, 0.2) is 48.5 Å². The van der Waals surface area contributed by atoms with Gasteiger partial charge in [0.05, 0.1) is 6.42 Å². The van der Waals surface area contributed by atoms with E-state index in [1.165, 1.54) is 0 Å². The average Bonchev–Trinajstić information content (AvgIpc) is 3.49. The van der Waals surface area contributed by atoms with Crippen LogP contribution in [0.2, 0.25) is 0 Å². The van der Waals surface area contributed by atoms with Gasteiger partial charge in [0, 0.05) is 12.0 Å². The van der Waals surface area contributed by atoms with Crippen LogP contribution >= 0.6 is 0 Å². The van der Waals surface area contributed by atoms with Gasteiger partial charge in [-0.15, -0.1) is 5.10 Å². The SMILES string of the molecule is O=C(O)CC(NC(=O)c1nc(NC(=O)OCC2c3ccccc3-c3ccccc32)n[nH]1)C1CC1.